The number of fused-ring (bicyclic) bond motifs is 1. The summed E-state index contributed by atoms with van der Waals surface area (Å²) in [7, 11) is 0. The topological polar surface area (TPSA) is 63.8 Å². The van der Waals surface area contributed by atoms with E-state index in [-0.39, 0.29) is 6.04 Å². The summed E-state index contributed by atoms with van der Waals surface area (Å²) in [4.78, 5) is 8.60. The first-order valence-electron chi connectivity index (χ1n) is 5.70. The molecule has 1 aromatic heterocycles. The lowest BCUT2D eigenvalue weighted by molar-refractivity contribution is 0.633. The van der Waals surface area contributed by atoms with Crippen LogP contribution < -0.4 is 11.1 Å². The number of benzene rings is 1. The van der Waals surface area contributed by atoms with Gasteiger partial charge < -0.3 is 11.1 Å². The molecule has 0 aliphatic carbocycles. The Morgan fingerprint density at radius 3 is 3.00 bits per heavy atom. The van der Waals surface area contributed by atoms with Gasteiger partial charge in [0.05, 0.1) is 17.3 Å². The Morgan fingerprint density at radius 1 is 1.35 bits per heavy atom. The van der Waals surface area contributed by atoms with Crippen LogP contribution in [-0.2, 0) is 0 Å². The van der Waals surface area contributed by atoms with Gasteiger partial charge in [-0.25, -0.2) is 9.97 Å². The van der Waals surface area contributed by atoms with Crippen molar-refractivity contribution in [2.75, 3.05) is 12.3 Å². The molecule has 1 saturated heterocycles. The van der Waals surface area contributed by atoms with E-state index >= 15 is 0 Å². The molecule has 0 bridgehead atoms. The number of nitrogens with one attached hydrogen (secondary N) is 1. The standard InChI is InChI=1S/C12H13ClN4/c13-7-3-4-9-8(6-7)11(17-12(14)16-9)10-2-1-5-15-10/h3-4,6,10,15H,1-2,5H2,(H2,14,16,17). The van der Waals surface area contributed by atoms with E-state index in [9.17, 15) is 0 Å². The second-order valence-corrected chi connectivity index (χ2v) is 4.71. The molecule has 2 aromatic rings. The zero-order valence-corrected chi connectivity index (χ0v) is 10.0. The maximum Gasteiger partial charge on any atom is 0.220 e. The molecule has 1 atom stereocenters. The first-order chi connectivity index (χ1) is 8.24. The van der Waals surface area contributed by atoms with Crippen LogP contribution in [0.25, 0.3) is 10.9 Å². The van der Waals surface area contributed by atoms with Gasteiger partial charge in [0, 0.05) is 10.4 Å². The molecule has 1 aliphatic rings. The fraction of sp³-hybridized carbons (Fsp3) is 0.333. The molecule has 1 unspecified atom stereocenters. The van der Waals surface area contributed by atoms with E-state index in [0.717, 1.165) is 36.0 Å². The van der Waals surface area contributed by atoms with Crippen molar-refractivity contribution in [2.24, 2.45) is 0 Å². The largest absolute Gasteiger partial charge is 0.368 e. The monoisotopic (exact) mass is 248 g/mol. The second-order valence-electron chi connectivity index (χ2n) is 4.28. The predicted octanol–water partition coefficient (Wildman–Crippen LogP) is 2.29. The number of nitrogen functional groups attached to an aromatic ring is 1. The zero-order chi connectivity index (χ0) is 11.8. The molecule has 4 nitrogen and oxygen atoms in total. The molecule has 17 heavy (non-hydrogen) atoms. The Kier molecular flexibility index (Phi) is 2.61. The van der Waals surface area contributed by atoms with Crippen LogP contribution in [0.2, 0.25) is 5.02 Å². The van der Waals surface area contributed by atoms with Crippen LogP contribution in [0.3, 0.4) is 0 Å². The summed E-state index contributed by atoms with van der Waals surface area (Å²) in [6.07, 6.45) is 2.24. The van der Waals surface area contributed by atoms with Crippen molar-refractivity contribution >= 4 is 28.5 Å². The van der Waals surface area contributed by atoms with Gasteiger partial charge in [0.2, 0.25) is 5.95 Å². The lowest BCUT2D eigenvalue weighted by Crippen LogP contribution is -2.16. The molecule has 1 aliphatic heterocycles. The summed E-state index contributed by atoms with van der Waals surface area (Å²) in [5.41, 5.74) is 7.57. The van der Waals surface area contributed by atoms with E-state index in [1.54, 1.807) is 0 Å². The molecular formula is C12H13ClN4. The van der Waals surface area contributed by atoms with Gasteiger partial charge in [-0.1, -0.05) is 11.6 Å². The third kappa shape index (κ3) is 1.94. The number of nitrogens with zero attached hydrogens (tertiary/aromatic N) is 2. The summed E-state index contributed by atoms with van der Waals surface area (Å²) >= 11 is 6.03. The number of rotatable bonds is 1. The number of anilines is 1. The molecule has 88 valence electrons. The first-order valence-corrected chi connectivity index (χ1v) is 6.08. The highest BCUT2D eigenvalue weighted by atomic mass is 35.5. The third-order valence-electron chi connectivity index (χ3n) is 3.09. The SMILES string of the molecule is Nc1nc(C2CCCN2)c2cc(Cl)ccc2n1. The average molecular weight is 249 g/mol. The highest BCUT2D eigenvalue weighted by molar-refractivity contribution is 6.31. The van der Waals surface area contributed by atoms with E-state index in [0.29, 0.717) is 11.0 Å². The molecule has 5 heteroatoms. The molecule has 3 rings (SSSR count). The van der Waals surface area contributed by atoms with Crippen LogP contribution >= 0.6 is 11.6 Å². The lowest BCUT2D eigenvalue weighted by atomic mass is 10.1. The Morgan fingerprint density at radius 2 is 2.24 bits per heavy atom. The van der Waals surface area contributed by atoms with Crippen LogP contribution in [-0.4, -0.2) is 16.5 Å². The second kappa shape index (κ2) is 4.13. The van der Waals surface area contributed by atoms with Crippen LogP contribution in [0.5, 0.6) is 0 Å². The zero-order valence-electron chi connectivity index (χ0n) is 9.28. The number of hydrogen-bond acceptors (Lipinski definition) is 4. The molecule has 0 amide bonds. The van der Waals surface area contributed by atoms with Crippen molar-refractivity contribution in [3.05, 3.63) is 28.9 Å². The summed E-state index contributed by atoms with van der Waals surface area (Å²) in [6.45, 7) is 1.02. The number of hydrogen-bond donors (Lipinski definition) is 2. The normalized spacial score (nSPS) is 19.9. The summed E-state index contributed by atoms with van der Waals surface area (Å²) in [5.74, 6) is 0.323. The summed E-state index contributed by atoms with van der Waals surface area (Å²) in [5, 5.41) is 5.11. The Balaban J connectivity index is 2.23. The van der Waals surface area contributed by atoms with Gasteiger partial charge in [0.25, 0.3) is 0 Å². The van der Waals surface area contributed by atoms with E-state index in [4.69, 9.17) is 17.3 Å². The van der Waals surface area contributed by atoms with Crippen molar-refractivity contribution in [3.63, 3.8) is 0 Å². The quantitative estimate of drug-likeness (QED) is 0.813. The van der Waals surface area contributed by atoms with Crippen molar-refractivity contribution in [3.8, 4) is 0 Å². The molecule has 0 saturated carbocycles. The van der Waals surface area contributed by atoms with E-state index in [2.05, 4.69) is 15.3 Å². The maximum absolute atomic E-state index is 6.03. The molecule has 3 N–H and O–H groups in total. The van der Waals surface area contributed by atoms with Crippen molar-refractivity contribution in [1.82, 2.24) is 15.3 Å². The maximum atomic E-state index is 6.03. The Hall–Kier alpha value is -1.39. The summed E-state index contributed by atoms with van der Waals surface area (Å²) < 4.78 is 0. The number of halogens is 1. The van der Waals surface area contributed by atoms with E-state index in [1.165, 1.54) is 0 Å². The van der Waals surface area contributed by atoms with Gasteiger partial charge in [-0.05, 0) is 37.6 Å². The minimum absolute atomic E-state index is 0.265. The van der Waals surface area contributed by atoms with Crippen molar-refractivity contribution in [1.29, 1.82) is 0 Å². The molecule has 1 fully saturated rings. The Bertz CT molecular complexity index is 564. The lowest BCUT2D eigenvalue weighted by Gasteiger charge is -2.13. The smallest absolute Gasteiger partial charge is 0.220 e. The highest BCUT2D eigenvalue weighted by Crippen LogP contribution is 2.29. The van der Waals surface area contributed by atoms with Gasteiger partial charge in [-0.2, -0.15) is 0 Å². The molecule has 1 aromatic carbocycles. The van der Waals surface area contributed by atoms with Gasteiger partial charge in [0.15, 0.2) is 0 Å². The average Bonchev–Trinajstić information content (AvgIpc) is 2.82. The molecule has 2 heterocycles. The predicted molar refractivity (Wildman–Crippen MR) is 68.9 cm³/mol. The van der Waals surface area contributed by atoms with Crippen LogP contribution in [0.15, 0.2) is 18.2 Å². The van der Waals surface area contributed by atoms with E-state index in [1.807, 2.05) is 18.2 Å². The van der Waals surface area contributed by atoms with Gasteiger partial charge in [-0.15, -0.1) is 0 Å². The summed E-state index contributed by atoms with van der Waals surface area (Å²) in [6, 6.07) is 5.88. The van der Waals surface area contributed by atoms with Gasteiger partial charge in [-0.3, -0.25) is 0 Å². The van der Waals surface area contributed by atoms with Gasteiger partial charge >= 0.3 is 0 Å². The Labute approximate surface area is 104 Å². The third-order valence-corrected chi connectivity index (χ3v) is 3.33. The fourth-order valence-corrected chi connectivity index (χ4v) is 2.50. The highest BCUT2D eigenvalue weighted by Gasteiger charge is 2.20. The molecular weight excluding hydrogens is 236 g/mol. The van der Waals surface area contributed by atoms with Crippen LogP contribution in [0.4, 0.5) is 5.95 Å². The van der Waals surface area contributed by atoms with Crippen LogP contribution in [0, 0.1) is 0 Å². The van der Waals surface area contributed by atoms with E-state index < -0.39 is 0 Å². The molecule has 0 spiro atoms. The van der Waals surface area contributed by atoms with Crippen molar-refractivity contribution < 1.29 is 0 Å². The molecule has 0 radical (unpaired) electrons. The van der Waals surface area contributed by atoms with Crippen molar-refractivity contribution in [2.45, 2.75) is 18.9 Å². The van der Waals surface area contributed by atoms with Crippen LogP contribution in [0.1, 0.15) is 24.6 Å². The minimum atomic E-state index is 0.265. The fourth-order valence-electron chi connectivity index (χ4n) is 2.33. The first kappa shape index (κ1) is 10.7. The number of aromatic nitrogens is 2. The number of nitrogens with two attached hydrogens (primary N) is 1. The minimum Gasteiger partial charge on any atom is -0.368 e. The van der Waals surface area contributed by atoms with Gasteiger partial charge in [0.1, 0.15) is 0 Å².